The van der Waals surface area contributed by atoms with Crippen molar-refractivity contribution in [1.82, 2.24) is 5.32 Å². The summed E-state index contributed by atoms with van der Waals surface area (Å²) >= 11 is 0. The summed E-state index contributed by atoms with van der Waals surface area (Å²) in [6, 6.07) is 3.41. The van der Waals surface area contributed by atoms with Crippen molar-refractivity contribution < 1.29 is 8.78 Å². The first kappa shape index (κ1) is 12.5. The Kier molecular flexibility index (Phi) is 4.07. The highest BCUT2D eigenvalue weighted by Gasteiger charge is 2.21. The smallest absolute Gasteiger partial charge is 0.130 e. The normalized spacial score (nSPS) is 17.1. The first-order chi connectivity index (χ1) is 8.20. The molecule has 1 aromatic carbocycles. The number of nitrogens with two attached hydrogens (primary N) is 1. The van der Waals surface area contributed by atoms with Gasteiger partial charge in [-0.15, -0.1) is 0 Å². The highest BCUT2D eigenvalue weighted by atomic mass is 19.1. The fraction of sp³-hybridized carbons (Fsp3) is 0.538. The molecule has 2 nitrogen and oxygen atoms in total. The van der Waals surface area contributed by atoms with Crippen LogP contribution in [-0.4, -0.2) is 13.1 Å². The molecule has 94 valence electrons. The van der Waals surface area contributed by atoms with Gasteiger partial charge in [-0.3, -0.25) is 0 Å². The number of benzene rings is 1. The van der Waals surface area contributed by atoms with Crippen LogP contribution in [0.15, 0.2) is 18.2 Å². The van der Waals surface area contributed by atoms with E-state index >= 15 is 0 Å². The molecule has 1 aliphatic carbocycles. The molecule has 1 aliphatic rings. The summed E-state index contributed by atoms with van der Waals surface area (Å²) in [5.41, 5.74) is 6.07. The Labute approximate surface area is 100 Å². The van der Waals surface area contributed by atoms with Crippen molar-refractivity contribution in [2.45, 2.75) is 25.3 Å². The molecule has 0 aromatic heterocycles. The minimum atomic E-state index is -0.556. The van der Waals surface area contributed by atoms with Gasteiger partial charge in [0.05, 0.1) is 0 Å². The molecule has 0 saturated heterocycles. The molecule has 0 spiro atoms. The van der Waals surface area contributed by atoms with Crippen LogP contribution in [0.4, 0.5) is 8.78 Å². The van der Waals surface area contributed by atoms with Gasteiger partial charge in [0.15, 0.2) is 0 Å². The Morgan fingerprint density at radius 3 is 2.71 bits per heavy atom. The summed E-state index contributed by atoms with van der Waals surface area (Å²) < 4.78 is 26.3. The van der Waals surface area contributed by atoms with Crippen molar-refractivity contribution in [2.24, 2.45) is 11.7 Å². The zero-order valence-corrected chi connectivity index (χ0v) is 9.76. The number of hydrogen-bond acceptors (Lipinski definition) is 2. The molecule has 0 amide bonds. The fourth-order valence-electron chi connectivity index (χ4n) is 1.97. The van der Waals surface area contributed by atoms with E-state index in [9.17, 15) is 8.78 Å². The van der Waals surface area contributed by atoms with Crippen LogP contribution < -0.4 is 11.1 Å². The SMILES string of the molecule is NCC(NCCC1CC1)c1ccc(F)cc1F. The molecule has 0 aliphatic heterocycles. The lowest BCUT2D eigenvalue weighted by Crippen LogP contribution is -2.30. The van der Waals surface area contributed by atoms with E-state index in [1.807, 2.05) is 0 Å². The van der Waals surface area contributed by atoms with Crippen LogP contribution in [0, 0.1) is 17.6 Å². The minimum absolute atomic E-state index is 0.227. The molecule has 0 heterocycles. The predicted molar refractivity (Wildman–Crippen MR) is 63.5 cm³/mol. The lowest BCUT2D eigenvalue weighted by atomic mass is 10.1. The van der Waals surface area contributed by atoms with Crippen molar-refractivity contribution in [3.05, 3.63) is 35.4 Å². The van der Waals surface area contributed by atoms with Crippen molar-refractivity contribution in [1.29, 1.82) is 0 Å². The van der Waals surface area contributed by atoms with Crippen molar-refractivity contribution in [3.8, 4) is 0 Å². The van der Waals surface area contributed by atoms with Crippen molar-refractivity contribution in [2.75, 3.05) is 13.1 Å². The third-order valence-corrected chi connectivity index (χ3v) is 3.21. The van der Waals surface area contributed by atoms with E-state index in [1.165, 1.54) is 25.0 Å². The summed E-state index contributed by atoms with van der Waals surface area (Å²) in [5.74, 6) is -0.252. The van der Waals surface area contributed by atoms with Crippen LogP contribution >= 0.6 is 0 Å². The molecule has 1 unspecified atom stereocenters. The first-order valence-corrected chi connectivity index (χ1v) is 6.09. The number of hydrogen-bond donors (Lipinski definition) is 2. The van der Waals surface area contributed by atoms with Gasteiger partial charge in [-0.2, -0.15) is 0 Å². The van der Waals surface area contributed by atoms with Crippen LogP contribution in [0.1, 0.15) is 30.9 Å². The van der Waals surface area contributed by atoms with Crippen LogP contribution in [0.25, 0.3) is 0 Å². The zero-order chi connectivity index (χ0) is 12.3. The van der Waals surface area contributed by atoms with E-state index in [0.29, 0.717) is 12.1 Å². The molecule has 0 bridgehead atoms. The van der Waals surface area contributed by atoms with Gasteiger partial charge in [-0.05, 0) is 24.9 Å². The largest absolute Gasteiger partial charge is 0.329 e. The summed E-state index contributed by atoms with van der Waals surface area (Å²) in [7, 11) is 0. The summed E-state index contributed by atoms with van der Waals surface area (Å²) in [6.45, 7) is 1.15. The molecule has 4 heteroatoms. The Balaban J connectivity index is 1.94. The Morgan fingerprint density at radius 1 is 1.35 bits per heavy atom. The average molecular weight is 240 g/mol. The molecule has 17 heavy (non-hydrogen) atoms. The van der Waals surface area contributed by atoms with Crippen LogP contribution in [0.3, 0.4) is 0 Å². The zero-order valence-electron chi connectivity index (χ0n) is 9.76. The second-order valence-electron chi connectivity index (χ2n) is 4.64. The van der Waals surface area contributed by atoms with Crippen molar-refractivity contribution >= 4 is 0 Å². The lowest BCUT2D eigenvalue weighted by molar-refractivity contribution is 0.486. The average Bonchev–Trinajstić information content (AvgIpc) is 3.10. The molecule has 1 fully saturated rings. The van der Waals surface area contributed by atoms with Gasteiger partial charge >= 0.3 is 0 Å². The highest BCUT2D eigenvalue weighted by Crippen LogP contribution is 2.32. The van der Waals surface area contributed by atoms with Gasteiger partial charge < -0.3 is 11.1 Å². The van der Waals surface area contributed by atoms with Gasteiger partial charge in [0.1, 0.15) is 11.6 Å². The van der Waals surface area contributed by atoms with Crippen LogP contribution in [0.2, 0.25) is 0 Å². The molecular weight excluding hydrogens is 222 g/mol. The molecule has 2 rings (SSSR count). The monoisotopic (exact) mass is 240 g/mol. The van der Waals surface area contributed by atoms with E-state index in [-0.39, 0.29) is 6.04 Å². The van der Waals surface area contributed by atoms with E-state index in [2.05, 4.69) is 5.32 Å². The number of rotatable bonds is 6. The summed E-state index contributed by atoms with van der Waals surface area (Å²) in [4.78, 5) is 0. The summed E-state index contributed by atoms with van der Waals surface area (Å²) in [6.07, 6.45) is 3.72. The second kappa shape index (κ2) is 5.56. The highest BCUT2D eigenvalue weighted by molar-refractivity contribution is 5.22. The maximum atomic E-state index is 13.6. The standard InChI is InChI=1S/C13H18F2N2/c14-10-3-4-11(12(15)7-10)13(8-16)17-6-5-9-1-2-9/h3-4,7,9,13,17H,1-2,5-6,8,16H2. The third kappa shape index (κ3) is 3.48. The Morgan fingerprint density at radius 2 is 2.12 bits per heavy atom. The minimum Gasteiger partial charge on any atom is -0.329 e. The molecule has 3 N–H and O–H groups in total. The number of nitrogens with one attached hydrogen (secondary N) is 1. The molecule has 1 aromatic rings. The summed E-state index contributed by atoms with van der Waals surface area (Å²) in [5, 5.41) is 3.23. The molecule has 1 saturated carbocycles. The Hall–Kier alpha value is -1.00. The van der Waals surface area contributed by atoms with Gasteiger partial charge in [0.25, 0.3) is 0 Å². The van der Waals surface area contributed by atoms with E-state index < -0.39 is 11.6 Å². The lowest BCUT2D eigenvalue weighted by Gasteiger charge is -2.17. The first-order valence-electron chi connectivity index (χ1n) is 6.09. The van der Waals surface area contributed by atoms with Gasteiger partial charge in [0.2, 0.25) is 0 Å². The number of halogens is 2. The van der Waals surface area contributed by atoms with Gasteiger partial charge in [-0.1, -0.05) is 18.9 Å². The predicted octanol–water partition coefficient (Wildman–Crippen LogP) is 2.35. The van der Waals surface area contributed by atoms with Gasteiger partial charge in [-0.25, -0.2) is 8.78 Å². The van der Waals surface area contributed by atoms with Crippen molar-refractivity contribution in [3.63, 3.8) is 0 Å². The fourth-order valence-corrected chi connectivity index (χ4v) is 1.97. The Bertz CT molecular complexity index is 378. The molecule has 0 radical (unpaired) electrons. The van der Waals surface area contributed by atoms with Crippen LogP contribution in [0.5, 0.6) is 0 Å². The van der Waals surface area contributed by atoms with E-state index in [0.717, 1.165) is 24.9 Å². The second-order valence-corrected chi connectivity index (χ2v) is 4.64. The van der Waals surface area contributed by atoms with Crippen LogP contribution in [-0.2, 0) is 0 Å². The van der Waals surface area contributed by atoms with E-state index in [4.69, 9.17) is 5.73 Å². The van der Waals surface area contributed by atoms with Gasteiger partial charge in [0, 0.05) is 24.2 Å². The maximum absolute atomic E-state index is 13.6. The quantitative estimate of drug-likeness (QED) is 0.801. The topological polar surface area (TPSA) is 38.0 Å². The third-order valence-electron chi connectivity index (χ3n) is 3.21. The molecular formula is C13H18F2N2. The maximum Gasteiger partial charge on any atom is 0.130 e. The van der Waals surface area contributed by atoms with E-state index in [1.54, 1.807) is 0 Å². The molecule has 1 atom stereocenters.